The molecule has 0 heterocycles. The molecule has 0 bridgehead atoms. The van der Waals surface area contributed by atoms with E-state index in [1.165, 1.54) is 7.11 Å². The average Bonchev–Trinajstić information content (AvgIpc) is 2.38. The first kappa shape index (κ1) is 13.7. The van der Waals surface area contributed by atoms with Gasteiger partial charge in [-0.3, -0.25) is 4.79 Å². The van der Waals surface area contributed by atoms with E-state index in [0.717, 1.165) is 12.0 Å². The van der Waals surface area contributed by atoms with E-state index in [2.05, 4.69) is 10.1 Å². The van der Waals surface area contributed by atoms with Gasteiger partial charge in [0.1, 0.15) is 0 Å². The summed E-state index contributed by atoms with van der Waals surface area (Å²) in [5.41, 5.74) is 1.16. The molecule has 0 saturated heterocycles. The highest BCUT2D eigenvalue weighted by atomic mass is 16.5. The minimum Gasteiger partial charge on any atom is -0.469 e. The molecular weight excluding hydrogens is 218 g/mol. The Morgan fingerprint density at radius 1 is 1.41 bits per heavy atom. The van der Waals surface area contributed by atoms with Crippen molar-refractivity contribution in [1.82, 2.24) is 5.32 Å². The van der Waals surface area contributed by atoms with Gasteiger partial charge in [0, 0.05) is 12.6 Å². The fourth-order valence-electron chi connectivity index (χ4n) is 1.58. The molecule has 0 saturated carbocycles. The molecule has 0 fully saturated rings. The van der Waals surface area contributed by atoms with E-state index in [-0.39, 0.29) is 18.6 Å². The van der Waals surface area contributed by atoms with Gasteiger partial charge in [-0.25, -0.2) is 0 Å². The highest BCUT2D eigenvalue weighted by Crippen LogP contribution is 2.02. The summed E-state index contributed by atoms with van der Waals surface area (Å²) in [6.07, 6.45) is 1.07. The van der Waals surface area contributed by atoms with Crippen LogP contribution in [0.15, 0.2) is 30.3 Å². The number of aliphatic hydroxyl groups excluding tert-OH is 1. The number of carbonyl (C=O) groups is 1. The van der Waals surface area contributed by atoms with E-state index in [1.54, 1.807) is 0 Å². The summed E-state index contributed by atoms with van der Waals surface area (Å²) in [7, 11) is 1.37. The van der Waals surface area contributed by atoms with Gasteiger partial charge in [0.15, 0.2) is 0 Å². The summed E-state index contributed by atoms with van der Waals surface area (Å²) in [5.74, 6) is -0.242. The standard InChI is InChI=1S/C13H19NO3/c1-17-13(16)7-8-14-12(10-15)9-11-5-3-2-4-6-11/h2-6,12,14-15H,7-10H2,1H3. The van der Waals surface area contributed by atoms with E-state index < -0.39 is 0 Å². The summed E-state index contributed by atoms with van der Waals surface area (Å²) >= 11 is 0. The lowest BCUT2D eigenvalue weighted by molar-refractivity contribution is -0.140. The highest BCUT2D eigenvalue weighted by molar-refractivity contribution is 5.69. The molecule has 94 valence electrons. The number of carbonyl (C=O) groups excluding carboxylic acids is 1. The van der Waals surface area contributed by atoms with Crippen molar-refractivity contribution in [2.75, 3.05) is 20.3 Å². The zero-order valence-corrected chi connectivity index (χ0v) is 10.1. The third kappa shape index (κ3) is 5.47. The summed E-state index contributed by atoms with van der Waals surface area (Å²) in [4.78, 5) is 10.9. The molecule has 4 nitrogen and oxygen atoms in total. The molecule has 1 unspecified atom stereocenters. The molecule has 0 amide bonds. The van der Waals surface area contributed by atoms with Gasteiger partial charge < -0.3 is 15.2 Å². The maximum Gasteiger partial charge on any atom is 0.306 e. The van der Waals surface area contributed by atoms with Crippen molar-refractivity contribution < 1.29 is 14.6 Å². The average molecular weight is 237 g/mol. The Labute approximate surface area is 102 Å². The second-order valence-corrected chi connectivity index (χ2v) is 3.85. The number of esters is 1. The predicted molar refractivity (Wildman–Crippen MR) is 65.7 cm³/mol. The molecule has 2 N–H and O–H groups in total. The summed E-state index contributed by atoms with van der Waals surface area (Å²) in [5, 5.41) is 12.4. The number of hydrogen-bond acceptors (Lipinski definition) is 4. The van der Waals surface area contributed by atoms with Crippen LogP contribution in [0.25, 0.3) is 0 Å². The van der Waals surface area contributed by atoms with Gasteiger partial charge >= 0.3 is 5.97 Å². The van der Waals surface area contributed by atoms with Crippen molar-refractivity contribution in [2.45, 2.75) is 18.9 Å². The molecule has 0 aliphatic rings. The molecule has 17 heavy (non-hydrogen) atoms. The Bertz CT molecular complexity index is 327. The molecule has 0 aromatic heterocycles. The monoisotopic (exact) mass is 237 g/mol. The molecule has 0 radical (unpaired) electrons. The molecule has 1 rings (SSSR count). The van der Waals surface area contributed by atoms with Gasteiger partial charge in [-0.2, -0.15) is 0 Å². The number of methoxy groups -OCH3 is 1. The maximum absolute atomic E-state index is 10.9. The Morgan fingerprint density at radius 3 is 2.71 bits per heavy atom. The largest absolute Gasteiger partial charge is 0.469 e. The van der Waals surface area contributed by atoms with Crippen LogP contribution in [0.3, 0.4) is 0 Å². The third-order valence-corrected chi connectivity index (χ3v) is 2.54. The van der Waals surface area contributed by atoms with Gasteiger partial charge in [-0.05, 0) is 12.0 Å². The quantitative estimate of drug-likeness (QED) is 0.687. The predicted octanol–water partition coefficient (Wildman–Crippen LogP) is 0.743. The van der Waals surface area contributed by atoms with Crippen LogP contribution in [0.4, 0.5) is 0 Å². The molecule has 1 aromatic carbocycles. The van der Waals surface area contributed by atoms with Crippen LogP contribution >= 0.6 is 0 Å². The van der Waals surface area contributed by atoms with Crippen molar-refractivity contribution in [2.24, 2.45) is 0 Å². The molecule has 1 atom stereocenters. The van der Waals surface area contributed by atoms with Crippen molar-refractivity contribution in [1.29, 1.82) is 0 Å². The zero-order chi connectivity index (χ0) is 12.5. The van der Waals surface area contributed by atoms with E-state index in [4.69, 9.17) is 0 Å². The van der Waals surface area contributed by atoms with Crippen LogP contribution in [0.1, 0.15) is 12.0 Å². The first-order valence-corrected chi connectivity index (χ1v) is 5.71. The first-order valence-electron chi connectivity index (χ1n) is 5.71. The molecule has 0 aliphatic heterocycles. The number of nitrogens with one attached hydrogen (secondary N) is 1. The minimum atomic E-state index is -0.242. The van der Waals surface area contributed by atoms with Crippen molar-refractivity contribution in [3.63, 3.8) is 0 Å². The maximum atomic E-state index is 10.9. The summed E-state index contributed by atoms with van der Waals surface area (Å²) in [6, 6.07) is 9.91. The second-order valence-electron chi connectivity index (χ2n) is 3.85. The van der Waals surface area contributed by atoms with E-state index in [1.807, 2.05) is 30.3 Å². The molecule has 0 aliphatic carbocycles. The van der Waals surface area contributed by atoms with E-state index in [9.17, 15) is 9.90 Å². The SMILES string of the molecule is COC(=O)CCNC(CO)Cc1ccccc1. The minimum absolute atomic E-state index is 0.0259. The number of benzene rings is 1. The van der Waals surface area contributed by atoms with Crippen LogP contribution in [-0.2, 0) is 16.0 Å². The lowest BCUT2D eigenvalue weighted by atomic mass is 10.1. The van der Waals surface area contributed by atoms with Gasteiger partial charge in [0.25, 0.3) is 0 Å². The van der Waals surface area contributed by atoms with E-state index >= 15 is 0 Å². The Balaban J connectivity index is 2.31. The van der Waals surface area contributed by atoms with Crippen LogP contribution in [0, 0.1) is 0 Å². The normalized spacial score (nSPS) is 12.1. The van der Waals surface area contributed by atoms with Crippen LogP contribution in [-0.4, -0.2) is 37.4 Å². The molecule has 1 aromatic rings. The van der Waals surface area contributed by atoms with Gasteiger partial charge in [0.05, 0.1) is 20.1 Å². The summed E-state index contributed by atoms with van der Waals surface area (Å²) < 4.78 is 4.54. The van der Waals surface area contributed by atoms with Crippen molar-refractivity contribution in [3.8, 4) is 0 Å². The van der Waals surface area contributed by atoms with Crippen LogP contribution in [0.5, 0.6) is 0 Å². The fraction of sp³-hybridized carbons (Fsp3) is 0.462. The Hall–Kier alpha value is -1.39. The second kappa shape index (κ2) is 7.81. The lowest BCUT2D eigenvalue weighted by Crippen LogP contribution is -2.36. The van der Waals surface area contributed by atoms with Gasteiger partial charge in [0.2, 0.25) is 0 Å². The van der Waals surface area contributed by atoms with E-state index in [0.29, 0.717) is 13.0 Å². The smallest absolute Gasteiger partial charge is 0.306 e. The Kier molecular flexibility index (Phi) is 6.29. The zero-order valence-electron chi connectivity index (χ0n) is 10.1. The topological polar surface area (TPSA) is 58.6 Å². The molecule has 0 spiro atoms. The van der Waals surface area contributed by atoms with Gasteiger partial charge in [-0.1, -0.05) is 30.3 Å². The molecule has 4 heteroatoms. The first-order chi connectivity index (χ1) is 8.26. The summed E-state index contributed by atoms with van der Waals surface area (Å²) in [6.45, 7) is 0.570. The number of hydrogen-bond donors (Lipinski definition) is 2. The fourth-order valence-corrected chi connectivity index (χ4v) is 1.58. The van der Waals surface area contributed by atoms with Crippen molar-refractivity contribution in [3.05, 3.63) is 35.9 Å². The number of rotatable bonds is 7. The van der Waals surface area contributed by atoms with Crippen molar-refractivity contribution >= 4 is 5.97 Å². The number of aliphatic hydroxyl groups is 1. The van der Waals surface area contributed by atoms with Crippen LogP contribution in [0.2, 0.25) is 0 Å². The highest BCUT2D eigenvalue weighted by Gasteiger charge is 2.08. The number of ether oxygens (including phenoxy) is 1. The van der Waals surface area contributed by atoms with Gasteiger partial charge in [-0.15, -0.1) is 0 Å². The Morgan fingerprint density at radius 2 is 2.12 bits per heavy atom. The van der Waals surface area contributed by atoms with Crippen LogP contribution < -0.4 is 5.32 Å². The third-order valence-electron chi connectivity index (χ3n) is 2.54. The lowest BCUT2D eigenvalue weighted by Gasteiger charge is -2.15. The molecular formula is C13H19NO3.